The van der Waals surface area contributed by atoms with Crippen LogP contribution in [0.4, 0.5) is 27.5 Å². The molecule has 1 heterocycles. The van der Waals surface area contributed by atoms with Gasteiger partial charge < -0.3 is 11.1 Å². The maximum Gasteiger partial charge on any atom is 0.259 e. The lowest BCUT2D eigenvalue weighted by atomic mass is 10.1. The molecule has 5 N–H and O–H groups in total. The first-order valence-electron chi connectivity index (χ1n) is 7.80. The average molecular weight is 366 g/mol. The summed E-state index contributed by atoms with van der Waals surface area (Å²) in [6, 6.07) is 15.4. The number of anilines is 3. The van der Waals surface area contributed by atoms with E-state index in [4.69, 9.17) is 5.73 Å². The lowest BCUT2D eigenvalue weighted by Crippen LogP contribution is -2.10. The number of benzene rings is 2. The minimum absolute atomic E-state index is 0.0209. The van der Waals surface area contributed by atoms with Gasteiger partial charge >= 0.3 is 0 Å². The van der Waals surface area contributed by atoms with E-state index in [0.717, 1.165) is 6.21 Å². The van der Waals surface area contributed by atoms with Gasteiger partial charge in [-0.1, -0.05) is 36.4 Å². The summed E-state index contributed by atoms with van der Waals surface area (Å²) in [5.41, 5.74) is 8.33. The molecule has 0 unspecified atom stereocenters. The average Bonchev–Trinajstić information content (AvgIpc) is 2.68. The number of hydrogen-bond acceptors (Lipinski definition) is 7. The fourth-order valence-electron chi connectivity index (χ4n) is 2.30. The largest absolute Gasteiger partial charge is 0.365 e. The van der Waals surface area contributed by atoms with Gasteiger partial charge in [-0.25, -0.2) is 14.9 Å². The van der Waals surface area contributed by atoms with Gasteiger partial charge in [0.25, 0.3) is 5.91 Å². The molecule has 0 saturated heterocycles. The summed E-state index contributed by atoms with van der Waals surface area (Å²) in [6.45, 7) is 0. The van der Waals surface area contributed by atoms with Gasteiger partial charge in [-0.3, -0.25) is 15.0 Å². The second kappa shape index (κ2) is 8.02. The number of halogens is 1. The highest BCUT2D eigenvalue weighted by Gasteiger charge is 2.16. The number of carbonyl (C=O) groups is 1. The normalized spacial score (nSPS) is 10.7. The predicted molar refractivity (Wildman–Crippen MR) is 99.9 cm³/mol. The molecule has 0 radical (unpaired) electrons. The smallest absolute Gasteiger partial charge is 0.259 e. The van der Waals surface area contributed by atoms with Crippen LogP contribution >= 0.6 is 0 Å². The van der Waals surface area contributed by atoms with E-state index in [1.54, 1.807) is 60.1 Å². The van der Waals surface area contributed by atoms with Crippen molar-refractivity contribution in [1.29, 1.82) is 0 Å². The van der Waals surface area contributed by atoms with Crippen LogP contribution in [0, 0.1) is 5.82 Å². The van der Waals surface area contributed by atoms with E-state index in [1.807, 2.05) is 0 Å². The first-order chi connectivity index (χ1) is 13.1. The molecule has 0 aliphatic rings. The molecule has 2 aromatic carbocycles. The van der Waals surface area contributed by atoms with E-state index in [1.165, 1.54) is 0 Å². The van der Waals surface area contributed by atoms with E-state index in [2.05, 4.69) is 20.3 Å². The van der Waals surface area contributed by atoms with Crippen LogP contribution in [0.25, 0.3) is 11.3 Å². The zero-order valence-electron chi connectivity index (χ0n) is 13.9. The number of nitrogens with two attached hydrogens (primary N) is 1. The second-order valence-corrected chi connectivity index (χ2v) is 5.37. The number of nitrogens with one attached hydrogen (secondary N) is 2. The highest BCUT2D eigenvalue weighted by Crippen LogP contribution is 2.27. The van der Waals surface area contributed by atoms with Crippen molar-refractivity contribution in [1.82, 2.24) is 9.97 Å². The van der Waals surface area contributed by atoms with Gasteiger partial charge in [-0.15, -0.1) is 0 Å². The molecular weight excluding hydrogens is 351 g/mol. The Morgan fingerprint density at radius 1 is 1.15 bits per heavy atom. The van der Waals surface area contributed by atoms with Gasteiger partial charge in [0.05, 0.1) is 11.9 Å². The third-order valence-corrected chi connectivity index (χ3v) is 3.45. The topological polar surface area (TPSA) is 126 Å². The molecule has 0 spiro atoms. The molecule has 0 bridgehead atoms. The van der Waals surface area contributed by atoms with Crippen LogP contribution in [-0.2, 0) is 4.79 Å². The third-order valence-electron chi connectivity index (χ3n) is 3.45. The third kappa shape index (κ3) is 4.41. The van der Waals surface area contributed by atoms with Crippen molar-refractivity contribution in [2.24, 2.45) is 10.7 Å². The Balaban J connectivity index is 1.96. The zero-order chi connectivity index (χ0) is 19.2. The summed E-state index contributed by atoms with van der Waals surface area (Å²) in [7, 11) is 0. The molecular formula is C18H15FN6O2. The Hall–Kier alpha value is -3.85. The van der Waals surface area contributed by atoms with Gasteiger partial charge in [-0.2, -0.15) is 4.98 Å². The van der Waals surface area contributed by atoms with E-state index >= 15 is 0 Å². The molecule has 0 atom stereocenters. The number of amides is 1. The summed E-state index contributed by atoms with van der Waals surface area (Å²) in [5.74, 6) is -1.76. The fraction of sp³-hybridized carbons (Fsp3) is 0. The number of primary amides is 1. The molecule has 0 fully saturated rings. The lowest BCUT2D eigenvalue weighted by Gasteiger charge is -2.11. The van der Waals surface area contributed by atoms with Gasteiger partial charge in [-0.05, 0) is 18.2 Å². The van der Waals surface area contributed by atoms with E-state index in [0.29, 0.717) is 16.9 Å². The lowest BCUT2D eigenvalue weighted by molar-refractivity contribution is -0.111. The van der Waals surface area contributed by atoms with Crippen LogP contribution in [0.1, 0.15) is 0 Å². The Morgan fingerprint density at radius 3 is 2.63 bits per heavy atom. The maximum absolute atomic E-state index is 14.5. The van der Waals surface area contributed by atoms with Crippen LogP contribution < -0.4 is 16.5 Å². The number of aliphatic imine (C=N–C) groups is 1. The van der Waals surface area contributed by atoms with Crippen molar-refractivity contribution >= 4 is 35.3 Å². The Bertz CT molecular complexity index is 994. The van der Waals surface area contributed by atoms with Crippen molar-refractivity contribution in [2.75, 3.05) is 10.8 Å². The molecule has 9 heteroatoms. The summed E-state index contributed by atoms with van der Waals surface area (Å²) < 4.78 is 14.5. The number of nitrogens with zero attached hydrogens (tertiary/aromatic N) is 3. The van der Waals surface area contributed by atoms with Gasteiger partial charge in [0.1, 0.15) is 5.69 Å². The van der Waals surface area contributed by atoms with Crippen molar-refractivity contribution in [3.63, 3.8) is 0 Å². The Labute approximate surface area is 153 Å². The molecule has 0 aliphatic heterocycles. The zero-order valence-corrected chi connectivity index (χ0v) is 13.9. The number of rotatable bonds is 6. The highest BCUT2D eigenvalue weighted by atomic mass is 19.1. The molecule has 3 rings (SSSR count). The van der Waals surface area contributed by atoms with Crippen molar-refractivity contribution in [2.45, 2.75) is 0 Å². The van der Waals surface area contributed by atoms with Crippen LogP contribution in [-0.4, -0.2) is 27.3 Å². The van der Waals surface area contributed by atoms with Crippen molar-refractivity contribution in [3.8, 4) is 11.3 Å². The van der Waals surface area contributed by atoms with E-state index in [-0.39, 0.29) is 17.5 Å². The Kier molecular flexibility index (Phi) is 5.33. The quantitative estimate of drug-likeness (QED) is 0.392. The molecule has 3 aromatic rings. The second-order valence-electron chi connectivity index (χ2n) is 5.37. The van der Waals surface area contributed by atoms with Crippen LogP contribution in [0.2, 0.25) is 0 Å². The van der Waals surface area contributed by atoms with Gasteiger partial charge in [0.15, 0.2) is 11.6 Å². The first-order valence-corrected chi connectivity index (χ1v) is 7.80. The molecule has 8 nitrogen and oxygen atoms in total. The minimum Gasteiger partial charge on any atom is -0.365 e. The molecule has 1 aromatic heterocycles. The molecule has 1 amide bonds. The van der Waals surface area contributed by atoms with Crippen molar-refractivity contribution in [3.05, 3.63) is 60.4 Å². The minimum atomic E-state index is -0.783. The first kappa shape index (κ1) is 18.0. The van der Waals surface area contributed by atoms with Gasteiger partial charge in [0, 0.05) is 11.3 Å². The predicted octanol–water partition coefficient (Wildman–Crippen LogP) is 3.02. The van der Waals surface area contributed by atoms with Crippen LogP contribution in [0.5, 0.6) is 0 Å². The van der Waals surface area contributed by atoms with Gasteiger partial charge in [0.2, 0.25) is 5.95 Å². The number of aromatic nitrogens is 2. The molecule has 0 saturated carbocycles. The van der Waals surface area contributed by atoms with Crippen LogP contribution in [0.3, 0.4) is 0 Å². The van der Waals surface area contributed by atoms with E-state index < -0.39 is 11.7 Å². The maximum atomic E-state index is 14.5. The fourth-order valence-corrected chi connectivity index (χ4v) is 2.30. The summed E-state index contributed by atoms with van der Waals surface area (Å²) in [6.07, 6.45) is 0.995. The standard InChI is InChI=1S/C18H15FN6O2/c19-15-16(11-5-2-1-3-6-11)23-18(24-17(15)25-27)22-13-8-4-7-12(9-13)21-10-14(20)26/h1-10,27H,(H2,20,26)(H2,22,23,24,25). The molecule has 27 heavy (non-hydrogen) atoms. The summed E-state index contributed by atoms with van der Waals surface area (Å²) >= 11 is 0. The summed E-state index contributed by atoms with van der Waals surface area (Å²) in [5, 5.41) is 12.1. The number of carbonyl (C=O) groups excluding carboxylic acids is 1. The number of hydrogen-bond donors (Lipinski definition) is 4. The molecule has 0 aliphatic carbocycles. The Morgan fingerprint density at radius 2 is 1.93 bits per heavy atom. The van der Waals surface area contributed by atoms with Crippen molar-refractivity contribution < 1.29 is 14.4 Å². The van der Waals surface area contributed by atoms with Crippen LogP contribution in [0.15, 0.2) is 59.6 Å². The highest BCUT2D eigenvalue weighted by molar-refractivity contribution is 6.26. The SMILES string of the molecule is NC(=O)C=Nc1cccc(Nc2nc(NO)c(F)c(-c3ccccc3)n2)c1. The van der Waals surface area contributed by atoms with E-state index in [9.17, 15) is 14.4 Å². The summed E-state index contributed by atoms with van der Waals surface area (Å²) in [4.78, 5) is 22.8. The molecule has 136 valence electrons. The monoisotopic (exact) mass is 366 g/mol.